The van der Waals surface area contributed by atoms with Crippen LogP contribution in [-0.4, -0.2) is 9.55 Å². The van der Waals surface area contributed by atoms with Gasteiger partial charge in [0.1, 0.15) is 5.82 Å². The maximum absolute atomic E-state index is 6.37. The summed E-state index contributed by atoms with van der Waals surface area (Å²) in [5.74, 6) is 0.897. The third kappa shape index (κ3) is 2.44. The van der Waals surface area contributed by atoms with E-state index in [1.54, 1.807) is 0 Å². The normalized spacial score (nSPS) is 12.8. The summed E-state index contributed by atoms with van der Waals surface area (Å²) in [6.45, 7) is 6.23. The first-order valence-corrected chi connectivity index (χ1v) is 7.76. The highest BCUT2D eigenvalue weighted by atomic mass is 35.5. The van der Waals surface area contributed by atoms with Crippen molar-refractivity contribution in [2.75, 3.05) is 0 Å². The maximum Gasteiger partial charge on any atom is 0.132 e. The number of hydrogen-bond donors (Lipinski definition) is 0. The number of rotatable bonds is 3. The molecule has 2 aromatic carbocycles. The van der Waals surface area contributed by atoms with E-state index in [4.69, 9.17) is 16.6 Å². The predicted octanol–water partition coefficient (Wildman–Crippen LogP) is 5.20. The highest BCUT2D eigenvalue weighted by molar-refractivity contribution is 6.20. The number of hydrogen-bond acceptors (Lipinski definition) is 1. The number of fused-ring (bicyclic) bond motifs is 1. The molecule has 0 saturated heterocycles. The highest BCUT2D eigenvalue weighted by Gasteiger charge is 2.17. The molecule has 0 aliphatic rings. The smallest absolute Gasteiger partial charge is 0.132 e. The lowest BCUT2D eigenvalue weighted by Crippen LogP contribution is -2.02. The molecule has 0 aliphatic carbocycles. The Balaban J connectivity index is 2.33. The van der Waals surface area contributed by atoms with Crippen LogP contribution in [-0.2, 0) is 6.42 Å². The van der Waals surface area contributed by atoms with Gasteiger partial charge in [-0.2, -0.15) is 0 Å². The molecular weight excluding hydrogens is 280 g/mol. The molecule has 0 saturated carbocycles. The van der Waals surface area contributed by atoms with Gasteiger partial charge in [-0.05, 0) is 49.6 Å². The third-order valence-electron chi connectivity index (χ3n) is 3.85. The summed E-state index contributed by atoms with van der Waals surface area (Å²) in [7, 11) is 0. The summed E-state index contributed by atoms with van der Waals surface area (Å²) in [5, 5.41) is -0.137. The number of imidazole rings is 1. The molecule has 3 aromatic rings. The number of nitrogens with zero attached hydrogens (tertiary/aromatic N) is 2. The predicted molar refractivity (Wildman–Crippen MR) is 89.5 cm³/mol. The van der Waals surface area contributed by atoms with E-state index in [2.05, 4.69) is 60.9 Å². The Morgan fingerprint density at radius 1 is 1.19 bits per heavy atom. The summed E-state index contributed by atoms with van der Waals surface area (Å²) in [4.78, 5) is 4.77. The summed E-state index contributed by atoms with van der Waals surface area (Å²) in [6, 6.07) is 14.8. The maximum atomic E-state index is 6.37. The fraction of sp³-hybridized carbons (Fsp3) is 0.278. The van der Waals surface area contributed by atoms with Crippen molar-refractivity contribution >= 4 is 22.6 Å². The lowest BCUT2D eigenvalue weighted by Gasteiger charge is -2.11. The van der Waals surface area contributed by atoms with Crippen molar-refractivity contribution in [3.05, 3.63) is 59.4 Å². The molecule has 1 unspecified atom stereocenters. The monoisotopic (exact) mass is 298 g/mol. The quantitative estimate of drug-likeness (QED) is 0.608. The fourth-order valence-electron chi connectivity index (χ4n) is 2.71. The molecule has 21 heavy (non-hydrogen) atoms. The van der Waals surface area contributed by atoms with Gasteiger partial charge < -0.3 is 0 Å². The average Bonchev–Trinajstić information content (AvgIpc) is 2.88. The molecular formula is C18H19ClN2. The van der Waals surface area contributed by atoms with E-state index in [0.717, 1.165) is 29.0 Å². The Labute approximate surface area is 130 Å². The van der Waals surface area contributed by atoms with Gasteiger partial charge in [0.25, 0.3) is 0 Å². The number of aryl methyl sites for hydroxylation is 2. The van der Waals surface area contributed by atoms with Gasteiger partial charge in [0.2, 0.25) is 0 Å². The topological polar surface area (TPSA) is 17.8 Å². The molecule has 0 spiro atoms. The lowest BCUT2D eigenvalue weighted by molar-refractivity contribution is 0.880. The molecule has 108 valence electrons. The lowest BCUT2D eigenvalue weighted by atomic mass is 10.1. The van der Waals surface area contributed by atoms with Crippen LogP contribution >= 0.6 is 11.6 Å². The van der Waals surface area contributed by atoms with Crippen LogP contribution in [0.2, 0.25) is 0 Å². The van der Waals surface area contributed by atoms with Crippen LogP contribution in [0.5, 0.6) is 0 Å². The van der Waals surface area contributed by atoms with Gasteiger partial charge in [0, 0.05) is 5.69 Å². The van der Waals surface area contributed by atoms with Crippen molar-refractivity contribution in [1.82, 2.24) is 9.55 Å². The first kappa shape index (κ1) is 14.2. The first-order valence-electron chi connectivity index (χ1n) is 7.33. The molecule has 3 rings (SSSR count). The van der Waals surface area contributed by atoms with Crippen LogP contribution < -0.4 is 0 Å². The van der Waals surface area contributed by atoms with Crippen LogP contribution in [0.1, 0.15) is 36.2 Å². The van der Waals surface area contributed by atoms with Crippen molar-refractivity contribution in [2.45, 2.75) is 32.6 Å². The Bertz CT molecular complexity index is 787. The zero-order valence-corrected chi connectivity index (χ0v) is 13.4. The number of aromatic nitrogens is 2. The van der Waals surface area contributed by atoms with Gasteiger partial charge in [-0.1, -0.05) is 31.2 Å². The second-order valence-corrected chi connectivity index (χ2v) is 6.04. The summed E-state index contributed by atoms with van der Waals surface area (Å²) in [6.07, 6.45) is 1.02. The van der Waals surface area contributed by atoms with Crippen LogP contribution in [0.25, 0.3) is 16.7 Å². The summed E-state index contributed by atoms with van der Waals surface area (Å²) >= 11 is 6.37. The van der Waals surface area contributed by atoms with Crippen LogP contribution in [0.3, 0.4) is 0 Å². The molecule has 0 bridgehead atoms. The highest BCUT2D eigenvalue weighted by Crippen LogP contribution is 2.29. The SMILES string of the molecule is CCc1cccc(-n2c(C(C)Cl)nc3c(C)cccc32)c1. The van der Waals surface area contributed by atoms with E-state index in [0.29, 0.717) is 0 Å². The minimum Gasteiger partial charge on any atom is -0.295 e. The third-order valence-corrected chi connectivity index (χ3v) is 4.04. The Morgan fingerprint density at radius 3 is 2.67 bits per heavy atom. The minimum absolute atomic E-state index is 0.137. The Hall–Kier alpha value is -1.80. The Kier molecular flexibility index (Phi) is 3.73. The van der Waals surface area contributed by atoms with Crippen LogP contribution in [0.15, 0.2) is 42.5 Å². The average molecular weight is 299 g/mol. The molecule has 0 N–H and O–H groups in total. The largest absolute Gasteiger partial charge is 0.295 e. The van der Waals surface area contributed by atoms with E-state index < -0.39 is 0 Å². The van der Waals surface area contributed by atoms with Crippen LogP contribution in [0.4, 0.5) is 0 Å². The van der Waals surface area contributed by atoms with Gasteiger partial charge in [-0.25, -0.2) is 4.98 Å². The Morgan fingerprint density at radius 2 is 1.95 bits per heavy atom. The summed E-state index contributed by atoms with van der Waals surface area (Å²) < 4.78 is 2.18. The summed E-state index contributed by atoms with van der Waals surface area (Å²) in [5.41, 5.74) is 5.77. The standard InChI is InChI=1S/C18H19ClN2/c1-4-14-8-6-9-15(11-14)21-16-10-5-7-12(2)17(16)20-18(21)13(3)19/h5-11,13H,4H2,1-3H3. The molecule has 1 aromatic heterocycles. The molecule has 1 heterocycles. The van der Waals surface area contributed by atoms with Gasteiger partial charge in [0.15, 0.2) is 0 Å². The second kappa shape index (κ2) is 5.53. The van der Waals surface area contributed by atoms with Crippen molar-refractivity contribution in [3.8, 4) is 5.69 Å². The number of benzene rings is 2. The van der Waals surface area contributed by atoms with E-state index in [1.165, 1.54) is 11.1 Å². The molecule has 2 nitrogen and oxygen atoms in total. The van der Waals surface area contributed by atoms with Crippen LogP contribution in [0, 0.1) is 6.92 Å². The van der Waals surface area contributed by atoms with E-state index in [1.807, 2.05) is 6.92 Å². The van der Waals surface area contributed by atoms with Gasteiger partial charge >= 0.3 is 0 Å². The van der Waals surface area contributed by atoms with Crippen molar-refractivity contribution < 1.29 is 0 Å². The second-order valence-electron chi connectivity index (χ2n) is 5.39. The molecule has 0 fully saturated rings. The van der Waals surface area contributed by atoms with E-state index in [-0.39, 0.29) is 5.38 Å². The number of para-hydroxylation sites is 1. The van der Waals surface area contributed by atoms with Gasteiger partial charge in [-0.15, -0.1) is 11.6 Å². The minimum atomic E-state index is -0.137. The van der Waals surface area contributed by atoms with Crippen molar-refractivity contribution in [3.63, 3.8) is 0 Å². The molecule has 1 atom stereocenters. The zero-order valence-electron chi connectivity index (χ0n) is 12.6. The van der Waals surface area contributed by atoms with Crippen molar-refractivity contribution in [2.24, 2.45) is 0 Å². The molecule has 3 heteroatoms. The van der Waals surface area contributed by atoms with Gasteiger partial charge in [0.05, 0.1) is 16.4 Å². The number of halogens is 1. The zero-order chi connectivity index (χ0) is 15.0. The van der Waals surface area contributed by atoms with E-state index >= 15 is 0 Å². The number of alkyl halides is 1. The fourth-order valence-corrected chi connectivity index (χ4v) is 2.86. The van der Waals surface area contributed by atoms with Gasteiger partial charge in [-0.3, -0.25) is 4.57 Å². The molecule has 0 amide bonds. The van der Waals surface area contributed by atoms with E-state index in [9.17, 15) is 0 Å². The molecule has 0 aliphatic heterocycles. The van der Waals surface area contributed by atoms with Crippen molar-refractivity contribution in [1.29, 1.82) is 0 Å². The molecule has 0 radical (unpaired) electrons. The first-order chi connectivity index (χ1) is 10.1.